The topological polar surface area (TPSA) is 181 Å². The second kappa shape index (κ2) is 32.8. The number of nitrogens with one attached hydrogen (secondary N) is 4. The van der Waals surface area contributed by atoms with Gasteiger partial charge in [0.05, 0.1) is 41.7 Å². The average molecular weight is 1250 g/mol. The summed E-state index contributed by atoms with van der Waals surface area (Å²) in [4.78, 5) is 13.4. The van der Waals surface area contributed by atoms with E-state index in [0.29, 0.717) is 69.3 Å². The van der Waals surface area contributed by atoms with Gasteiger partial charge in [0.1, 0.15) is 29.1 Å². The van der Waals surface area contributed by atoms with Gasteiger partial charge < -0.3 is 27.8 Å². The highest BCUT2D eigenvalue weighted by Gasteiger charge is 2.17. The fraction of sp³-hybridized carbons (Fsp3) is 0.261. The number of aliphatic imine (C=N–C) groups is 2. The van der Waals surface area contributed by atoms with Crippen molar-refractivity contribution in [3.8, 4) is 0 Å². The number of benzene rings is 5. The predicted octanol–water partition coefficient (Wildman–Crippen LogP) is 12.4. The van der Waals surface area contributed by atoms with E-state index >= 15 is 0 Å². The van der Waals surface area contributed by atoms with E-state index in [4.69, 9.17) is 62.8 Å². The van der Waals surface area contributed by atoms with Gasteiger partial charge in [-0.15, -0.1) is 34.0 Å². The third-order valence-corrected chi connectivity index (χ3v) is 14.0. The van der Waals surface area contributed by atoms with Gasteiger partial charge in [-0.3, -0.25) is 20.6 Å². The van der Waals surface area contributed by atoms with Crippen LogP contribution < -0.4 is 27.8 Å². The first-order chi connectivity index (χ1) is 32.5. The van der Waals surface area contributed by atoms with Crippen LogP contribution in [0.25, 0.3) is 0 Å². The summed E-state index contributed by atoms with van der Waals surface area (Å²) in [5.74, 6) is 0.315. The molecule has 0 saturated heterocycles. The lowest BCUT2D eigenvalue weighted by Crippen LogP contribution is -2.41. The molecular formula is C46H53Br2Cl3F5N11S4. The molecule has 0 spiro atoms. The Hall–Kier alpha value is -3.26. The Morgan fingerprint density at radius 2 is 0.915 bits per heavy atom. The molecule has 11 nitrogen and oxygen atoms in total. The molecule has 0 fully saturated rings. The molecule has 2 heterocycles. The van der Waals surface area contributed by atoms with Crippen LogP contribution in [0.5, 0.6) is 0 Å². The number of rotatable bonds is 13. The van der Waals surface area contributed by atoms with E-state index in [1.54, 1.807) is 54.2 Å². The Morgan fingerprint density at radius 1 is 0.549 bits per heavy atom. The number of hydrogen-bond acceptors (Lipinski definition) is 13. The zero-order valence-electron chi connectivity index (χ0n) is 36.9. The maximum absolute atomic E-state index is 14.1. The van der Waals surface area contributed by atoms with Crippen LogP contribution in [0, 0.1) is 39.9 Å². The quantitative estimate of drug-likeness (QED) is 0.0339. The van der Waals surface area contributed by atoms with Crippen LogP contribution in [0.2, 0.25) is 15.1 Å². The van der Waals surface area contributed by atoms with Crippen molar-refractivity contribution in [3.05, 3.63) is 174 Å². The summed E-state index contributed by atoms with van der Waals surface area (Å²) in [5.41, 5.74) is 22.1. The van der Waals surface area contributed by atoms with E-state index < -0.39 is 17.5 Å². The van der Waals surface area contributed by atoms with Crippen molar-refractivity contribution in [1.82, 2.24) is 20.4 Å². The molecule has 0 radical (unpaired) electrons. The summed E-state index contributed by atoms with van der Waals surface area (Å²) >= 11 is 22.7. The second-order valence-corrected chi connectivity index (χ2v) is 19.9. The highest BCUT2D eigenvalue weighted by Crippen LogP contribution is 2.26. The highest BCUT2D eigenvalue weighted by molar-refractivity contribution is 8.93. The van der Waals surface area contributed by atoms with Crippen LogP contribution in [0.1, 0.15) is 46.4 Å². The number of nitrogens with two attached hydrogens (primary N) is 3. The van der Waals surface area contributed by atoms with Crippen molar-refractivity contribution in [2.24, 2.45) is 27.2 Å². The van der Waals surface area contributed by atoms with Crippen LogP contribution in [-0.2, 0) is 42.6 Å². The van der Waals surface area contributed by atoms with Gasteiger partial charge >= 0.3 is 0 Å². The van der Waals surface area contributed by atoms with Gasteiger partial charge in [-0.25, -0.2) is 31.9 Å². The van der Waals surface area contributed by atoms with Gasteiger partial charge in [0.25, 0.3) is 0 Å². The molecule has 7 rings (SSSR count). The number of halogens is 10. The third-order valence-electron chi connectivity index (χ3n) is 9.57. The second-order valence-electron chi connectivity index (χ2n) is 14.7. The third kappa shape index (κ3) is 22.4. The van der Waals surface area contributed by atoms with Crippen LogP contribution in [0.3, 0.4) is 0 Å². The molecule has 0 aromatic heterocycles. The van der Waals surface area contributed by atoms with E-state index in [-0.39, 0.29) is 78.4 Å². The minimum atomic E-state index is -0.432. The summed E-state index contributed by atoms with van der Waals surface area (Å²) in [5, 5.41) is 22.9. The minimum Gasteiger partial charge on any atom is -0.379 e. The van der Waals surface area contributed by atoms with Crippen molar-refractivity contribution in [1.29, 1.82) is 10.8 Å². The molecule has 0 amide bonds. The molecule has 0 saturated carbocycles. The molecule has 71 heavy (non-hydrogen) atoms. The fourth-order valence-corrected chi connectivity index (χ4v) is 9.65. The van der Waals surface area contributed by atoms with Crippen LogP contribution >= 0.6 is 116 Å². The Morgan fingerprint density at radius 3 is 1.30 bits per heavy atom. The van der Waals surface area contributed by atoms with E-state index in [2.05, 4.69) is 30.4 Å². The molecule has 0 bridgehead atoms. The molecule has 2 aliphatic rings. The lowest BCUT2D eigenvalue weighted by atomic mass is 10.1. The Bertz CT molecular complexity index is 2610. The van der Waals surface area contributed by atoms with Gasteiger partial charge in [-0.1, -0.05) is 120 Å². The van der Waals surface area contributed by atoms with Crippen LogP contribution in [0.4, 0.5) is 22.0 Å². The van der Waals surface area contributed by atoms with E-state index in [1.807, 2.05) is 6.07 Å². The maximum atomic E-state index is 14.1. The standard InChI is InChI=1S/C28H27Cl2F3N6S2.C10H13FN4S2.C7H7ClFN.CH4.2BrH/c29-23-7-18(1-5-25(23)32)10-38-14-34-27(35-15-38)40-12-20-3-4-22(31)9-21(20)13-41-28-36-16-39(17-37-28)11-19-2-6-26(33)24(30)8-19;11-8-2-1-6(4-16-9(12)13)7(3-8)5-17-10(14)15;8-6-3-5(4-10)1-2-7(6)9;;;/h1-9H,10-17H2,(H,34,35)(H,36,37);1-3H,4-5H2,(H3,12,13)(H3,14,15);1-3H,4,10H2;1H4;2*1H. The molecule has 0 aliphatic carbocycles. The predicted molar refractivity (Wildman–Crippen MR) is 303 cm³/mol. The molecule has 0 atom stereocenters. The van der Waals surface area contributed by atoms with E-state index in [9.17, 15) is 22.0 Å². The Kier molecular flexibility index (Phi) is 29.5. The maximum Gasteiger partial charge on any atom is 0.159 e. The normalized spacial score (nSPS) is 13.1. The lowest BCUT2D eigenvalue weighted by Gasteiger charge is -2.27. The smallest absolute Gasteiger partial charge is 0.159 e. The molecule has 0 unspecified atom stereocenters. The zero-order chi connectivity index (χ0) is 49.2. The molecule has 386 valence electrons. The first-order valence-corrected chi connectivity index (χ1v) is 25.4. The minimum absolute atomic E-state index is 0. The molecule has 25 heteroatoms. The average Bonchev–Trinajstić information content (AvgIpc) is 3.31. The highest BCUT2D eigenvalue weighted by atomic mass is 79.9. The fourth-order valence-electron chi connectivity index (χ4n) is 6.11. The van der Waals surface area contributed by atoms with Crippen LogP contribution in [0.15, 0.2) is 101 Å². The molecular weight excluding hydrogens is 1200 g/mol. The summed E-state index contributed by atoms with van der Waals surface area (Å²) in [7, 11) is 0. The van der Waals surface area contributed by atoms with Gasteiger partial charge in [0, 0.05) is 42.6 Å². The number of amidine groups is 4. The first kappa shape index (κ1) is 63.9. The summed E-state index contributed by atoms with van der Waals surface area (Å²) < 4.78 is 66.5. The van der Waals surface area contributed by atoms with Crippen molar-refractivity contribution in [2.45, 2.75) is 50.1 Å². The van der Waals surface area contributed by atoms with E-state index in [1.165, 1.54) is 66.0 Å². The van der Waals surface area contributed by atoms with Gasteiger partial charge in [-0.2, -0.15) is 0 Å². The van der Waals surface area contributed by atoms with Gasteiger partial charge in [0.15, 0.2) is 20.7 Å². The van der Waals surface area contributed by atoms with Crippen molar-refractivity contribution in [2.75, 3.05) is 26.7 Å². The molecule has 2 aliphatic heterocycles. The van der Waals surface area contributed by atoms with E-state index in [0.717, 1.165) is 61.0 Å². The number of hydrogen-bond donors (Lipinski definition) is 7. The van der Waals surface area contributed by atoms with Crippen molar-refractivity contribution >= 4 is 136 Å². The molecule has 5 aromatic carbocycles. The summed E-state index contributed by atoms with van der Waals surface area (Å²) in [6.45, 7) is 3.77. The largest absolute Gasteiger partial charge is 0.379 e. The van der Waals surface area contributed by atoms with Crippen LogP contribution in [-0.4, -0.2) is 57.1 Å². The molecule has 10 N–H and O–H groups in total. The van der Waals surface area contributed by atoms with Gasteiger partial charge in [0.2, 0.25) is 0 Å². The SMILES string of the molecule is Br.Br.C.Fc1ccc(CSC2=NCN(Cc3ccc(F)c(Cl)c3)CN2)c(CSC2=NCN(Cc3ccc(F)c(Cl)c3)CN2)c1.N=C(N)SCc1ccc(F)cc1CSC(=N)N.NCc1ccc(F)c(Cl)c1. The Balaban J connectivity index is 0.000000475. The van der Waals surface area contributed by atoms with Crippen molar-refractivity contribution < 1.29 is 22.0 Å². The Labute approximate surface area is 464 Å². The number of nitrogens with zero attached hydrogens (tertiary/aromatic N) is 4. The van der Waals surface area contributed by atoms with Crippen molar-refractivity contribution in [3.63, 3.8) is 0 Å². The number of thioether (sulfide) groups is 4. The lowest BCUT2D eigenvalue weighted by molar-refractivity contribution is 0.258. The zero-order valence-corrected chi connectivity index (χ0v) is 45.9. The molecule has 5 aromatic rings. The first-order valence-electron chi connectivity index (χ1n) is 20.3. The van der Waals surface area contributed by atoms with Gasteiger partial charge in [-0.05, 0) is 99.6 Å². The summed E-state index contributed by atoms with van der Waals surface area (Å²) in [6, 6.07) is 23.2. The summed E-state index contributed by atoms with van der Waals surface area (Å²) in [6.07, 6.45) is 0. The monoisotopic (exact) mass is 1250 g/mol.